The summed E-state index contributed by atoms with van der Waals surface area (Å²) >= 11 is 3.62. The van der Waals surface area contributed by atoms with E-state index in [-0.39, 0.29) is 5.92 Å². The molecule has 1 unspecified atom stereocenters. The van der Waals surface area contributed by atoms with Crippen LogP contribution in [0.1, 0.15) is 23.2 Å². The summed E-state index contributed by atoms with van der Waals surface area (Å²) in [6, 6.07) is 34.9. The maximum absolute atomic E-state index is 5.30. The van der Waals surface area contributed by atoms with E-state index in [1.807, 2.05) is 17.5 Å². The molecule has 1 atom stereocenters. The van der Waals surface area contributed by atoms with E-state index in [4.69, 9.17) is 10.1 Å². The highest BCUT2D eigenvalue weighted by Gasteiger charge is 2.43. The molecule has 7 rings (SSSR count). The number of aryl methyl sites for hydroxylation is 1. The van der Waals surface area contributed by atoms with Crippen molar-refractivity contribution in [3.8, 4) is 21.6 Å². The van der Waals surface area contributed by atoms with Gasteiger partial charge < -0.3 is 0 Å². The highest BCUT2D eigenvalue weighted by Crippen LogP contribution is 2.45. The standard InChI is InChI=1S/C37H31N3S2/c1-26-33(27-18-19-34-32(24-27)31(22-23-38-34)35-20-21-36(41-2)42-35)25-40(39-26)37(28-12-6-3-7-13-28,29-14-8-4-9-15-29)30-16-10-5-11-17-30/h3-16,18-25,30H,17H2,1-2H3. The molecule has 0 spiro atoms. The van der Waals surface area contributed by atoms with Crippen molar-refractivity contribution in [3.05, 3.63) is 151 Å². The van der Waals surface area contributed by atoms with Crippen LogP contribution in [0, 0.1) is 12.8 Å². The van der Waals surface area contributed by atoms with Gasteiger partial charge in [-0.1, -0.05) is 91.0 Å². The normalized spacial score (nSPS) is 15.0. The Bertz CT molecular complexity index is 1880. The topological polar surface area (TPSA) is 30.7 Å². The molecular formula is C37H31N3S2. The minimum atomic E-state index is -0.512. The third-order valence-electron chi connectivity index (χ3n) is 8.31. The number of hydrogen-bond donors (Lipinski definition) is 0. The molecule has 0 saturated heterocycles. The average Bonchev–Trinajstić information content (AvgIpc) is 3.69. The summed E-state index contributed by atoms with van der Waals surface area (Å²) in [7, 11) is 0. The molecule has 1 aliphatic carbocycles. The smallest absolute Gasteiger partial charge is 0.119 e. The molecule has 3 heterocycles. The Hall–Kier alpha value is -4.19. The highest BCUT2D eigenvalue weighted by molar-refractivity contribution is 8.00. The fraction of sp³-hybridized carbons (Fsp3) is 0.135. The maximum Gasteiger partial charge on any atom is 0.119 e. The SMILES string of the molecule is CSc1ccc(-c2ccnc3ccc(-c4cn(C(c5ccccc5)(c5ccccc5)C5C=CC=CC5)nc4C)cc23)s1. The number of pyridine rings is 1. The zero-order valence-electron chi connectivity index (χ0n) is 23.6. The Kier molecular flexibility index (Phi) is 7.14. The molecular weight excluding hydrogens is 551 g/mol. The summed E-state index contributed by atoms with van der Waals surface area (Å²) in [6.45, 7) is 2.13. The summed E-state index contributed by atoms with van der Waals surface area (Å²) in [5.74, 6) is 0.191. The zero-order chi connectivity index (χ0) is 28.5. The van der Waals surface area contributed by atoms with E-state index in [0.717, 1.165) is 34.1 Å². The number of benzene rings is 3. The lowest BCUT2D eigenvalue weighted by molar-refractivity contribution is 0.292. The van der Waals surface area contributed by atoms with Crippen LogP contribution in [-0.4, -0.2) is 21.0 Å². The molecule has 0 amide bonds. The van der Waals surface area contributed by atoms with E-state index >= 15 is 0 Å². The van der Waals surface area contributed by atoms with Crippen LogP contribution in [0.25, 0.3) is 32.5 Å². The van der Waals surface area contributed by atoms with Crippen LogP contribution in [0.3, 0.4) is 0 Å². The van der Waals surface area contributed by atoms with Gasteiger partial charge in [-0.3, -0.25) is 9.67 Å². The lowest BCUT2D eigenvalue weighted by Crippen LogP contribution is -2.43. The molecule has 0 N–H and O–H groups in total. The van der Waals surface area contributed by atoms with Gasteiger partial charge in [-0.25, -0.2) is 0 Å². The molecule has 206 valence electrons. The van der Waals surface area contributed by atoms with Crippen molar-refractivity contribution in [1.82, 2.24) is 14.8 Å². The van der Waals surface area contributed by atoms with Crippen molar-refractivity contribution in [2.45, 2.75) is 23.1 Å². The highest BCUT2D eigenvalue weighted by atomic mass is 32.2. The second-order valence-electron chi connectivity index (χ2n) is 10.6. The van der Waals surface area contributed by atoms with Gasteiger partial charge in [0.05, 0.1) is 15.4 Å². The van der Waals surface area contributed by atoms with Crippen molar-refractivity contribution in [2.24, 2.45) is 5.92 Å². The van der Waals surface area contributed by atoms with Crippen molar-refractivity contribution in [3.63, 3.8) is 0 Å². The number of fused-ring (bicyclic) bond motifs is 1. The van der Waals surface area contributed by atoms with Crippen LogP contribution in [0.4, 0.5) is 0 Å². The molecule has 3 aromatic heterocycles. The van der Waals surface area contributed by atoms with Crippen LogP contribution >= 0.6 is 23.1 Å². The predicted molar refractivity (Wildman–Crippen MR) is 178 cm³/mol. The molecule has 3 nitrogen and oxygen atoms in total. The van der Waals surface area contributed by atoms with Gasteiger partial charge in [-0.2, -0.15) is 5.10 Å². The molecule has 0 saturated carbocycles. The molecule has 0 aliphatic heterocycles. The van der Waals surface area contributed by atoms with Crippen molar-refractivity contribution >= 4 is 34.0 Å². The first-order valence-corrected chi connectivity index (χ1v) is 16.3. The number of hydrogen-bond acceptors (Lipinski definition) is 4. The molecule has 3 aromatic carbocycles. The molecule has 5 heteroatoms. The van der Waals surface area contributed by atoms with Gasteiger partial charge in [0, 0.05) is 39.7 Å². The quantitative estimate of drug-likeness (QED) is 0.176. The Morgan fingerprint density at radius 1 is 0.857 bits per heavy atom. The van der Waals surface area contributed by atoms with Gasteiger partial charge in [0.25, 0.3) is 0 Å². The fourth-order valence-electron chi connectivity index (χ4n) is 6.33. The maximum atomic E-state index is 5.30. The fourth-order valence-corrected chi connectivity index (χ4v) is 7.92. The lowest BCUT2D eigenvalue weighted by Gasteiger charge is -2.41. The summed E-state index contributed by atoms with van der Waals surface area (Å²) in [5.41, 5.74) is 7.45. The number of nitrogens with zero attached hydrogens (tertiary/aromatic N) is 3. The van der Waals surface area contributed by atoms with E-state index in [2.05, 4.69) is 145 Å². The van der Waals surface area contributed by atoms with Crippen LogP contribution in [0.2, 0.25) is 0 Å². The molecule has 0 radical (unpaired) electrons. The second-order valence-corrected chi connectivity index (χ2v) is 12.8. The van der Waals surface area contributed by atoms with E-state index in [0.29, 0.717) is 0 Å². The number of thiophene rings is 1. The third-order valence-corrected chi connectivity index (χ3v) is 10.5. The number of thioether (sulfide) groups is 1. The Morgan fingerprint density at radius 3 is 2.29 bits per heavy atom. The van der Waals surface area contributed by atoms with Gasteiger partial charge in [-0.15, -0.1) is 23.1 Å². The molecule has 1 aliphatic rings. The first kappa shape index (κ1) is 26.7. The van der Waals surface area contributed by atoms with Crippen LogP contribution in [-0.2, 0) is 5.54 Å². The number of rotatable bonds is 7. The molecule has 0 fully saturated rings. The van der Waals surface area contributed by atoms with E-state index in [1.165, 1.54) is 25.8 Å². The minimum Gasteiger partial charge on any atom is -0.256 e. The Balaban J connectivity index is 1.43. The van der Waals surface area contributed by atoms with Crippen molar-refractivity contribution in [1.29, 1.82) is 0 Å². The summed E-state index contributed by atoms with van der Waals surface area (Å²) in [4.78, 5) is 5.97. The van der Waals surface area contributed by atoms with Gasteiger partial charge in [0.15, 0.2) is 0 Å². The molecule has 0 bridgehead atoms. The van der Waals surface area contributed by atoms with Crippen LogP contribution in [0.5, 0.6) is 0 Å². The molecule has 42 heavy (non-hydrogen) atoms. The minimum absolute atomic E-state index is 0.191. The first-order valence-electron chi connectivity index (χ1n) is 14.2. The van der Waals surface area contributed by atoms with Gasteiger partial charge in [0.2, 0.25) is 0 Å². The van der Waals surface area contributed by atoms with Crippen LogP contribution in [0.15, 0.2) is 138 Å². The second kappa shape index (κ2) is 11.2. The molecule has 6 aromatic rings. The van der Waals surface area contributed by atoms with Crippen LogP contribution < -0.4 is 0 Å². The Labute approximate surface area is 255 Å². The monoisotopic (exact) mass is 581 g/mol. The van der Waals surface area contributed by atoms with E-state index < -0.39 is 5.54 Å². The van der Waals surface area contributed by atoms with Crippen molar-refractivity contribution < 1.29 is 0 Å². The first-order chi connectivity index (χ1) is 20.7. The Morgan fingerprint density at radius 2 is 1.62 bits per heavy atom. The predicted octanol–water partition coefficient (Wildman–Crippen LogP) is 9.78. The third kappa shape index (κ3) is 4.54. The van der Waals surface area contributed by atoms with Gasteiger partial charge in [-0.05, 0) is 66.6 Å². The number of allylic oxidation sites excluding steroid dienone is 4. The van der Waals surface area contributed by atoms with Gasteiger partial charge in [0.1, 0.15) is 5.54 Å². The summed E-state index contributed by atoms with van der Waals surface area (Å²) in [5, 5.41) is 6.47. The summed E-state index contributed by atoms with van der Waals surface area (Å²) < 4.78 is 3.54. The van der Waals surface area contributed by atoms with E-state index in [1.54, 1.807) is 11.8 Å². The number of aromatic nitrogens is 3. The summed E-state index contributed by atoms with van der Waals surface area (Å²) in [6.07, 6.45) is 16.2. The average molecular weight is 582 g/mol. The van der Waals surface area contributed by atoms with E-state index in [9.17, 15) is 0 Å². The lowest BCUT2D eigenvalue weighted by atomic mass is 9.70. The largest absolute Gasteiger partial charge is 0.256 e. The van der Waals surface area contributed by atoms with Crippen molar-refractivity contribution in [2.75, 3.05) is 6.26 Å². The zero-order valence-corrected chi connectivity index (χ0v) is 25.3. The van der Waals surface area contributed by atoms with Gasteiger partial charge >= 0.3 is 0 Å².